The third kappa shape index (κ3) is 0.975. The molecule has 0 fully saturated rings. The van der Waals surface area contributed by atoms with Gasteiger partial charge in [-0.15, -0.1) is 0 Å². The largest absolute Gasteiger partial charge is 0.495 e. The SMILES string of the molecule is COc1cncc2c1C(O)CC2. The van der Waals surface area contributed by atoms with E-state index in [1.54, 1.807) is 19.5 Å². The highest BCUT2D eigenvalue weighted by Crippen LogP contribution is 2.36. The van der Waals surface area contributed by atoms with Crippen LogP contribution in [-0.2, 0) is 6.42 Å². The second-order valence-corrected chi connectivity index (χ2v) is 2.97. The number of hydrogen-bond donors (Lipinski definition) is 1. The number of hydrogen-bond acceptors (Lipinski definition) is 3. The minimum absolute atomic E-state index is 0.363. The highest BCUT2D eigenvalue weighted by Gasteiger charge is 2.24. The third-order valence-corrected chi connectivity index (χ3v) is 2.27. The fraction of sp³-hybridized carbons (Fsp3) is 0.444. The lowest BCUT2D eigenvalue weighted by molar-refractivity contribution is 0.176. The fourth-order valence-electron chi connectivity index (χ4n) is 1.67. The van der Waals surface area contributed by atoms with Crippen LogP contribution in [0.15, 0.2) is 12.4 Å². The summed E-state index contributed by atoms with van der Waals surface area (Å²) >= 11 is 0. The minimum Gasteiger partial charge on any atom is -0.495 e. The number of nitrogens with zero attached hydrogens (tertiary/aromatic N) is 1. The molecule has 2 rings (SSSR count). The number of ether oxygens (including phenoxy) is 1. The second kappa shape index (κ2) is 2.75. The minimum atomic E-state index is -0.363. The summed E-state index contributed by atoms with van der Waals surface area (Å²) in [7, 11) is 1.60. The predicted octanol–water partition coefficient (Wildman–Crippen LogP) is 1.07. The number of aliphatic hydroxyl groups excluding tert-OH is 1. The van der Waals surface area contributed by atoms with Crippen LogP contribution in [0.1, 0.15) is 23.7 Å². The highest BCUT2D eigenvalue weighted by molar-refractivity contribution is 5.41. The molecule has 1 aliphatic rings. The van der Waals surface area contributed by atoms with Gasteiger partial charge >= 0.3 is 0 Å². The van der Waals surface area contributed by atoms with E-state index in [0.29, 0.717) is 5.75 Å². The van der Waals surface area contributed by atoms with Crippen molar-refractivity contribution in [1.82, 2.24) is 4.98 Å². The van der Waals surface area contributed by atoms with Crippen LogP contribution in [0, 0.1) is 0 Å². The first kappa shape index (κ1) is 7.55. The number of methoxy groups -OCH3 is 1. The maximum Gasteiger partial charge on any atom is 0.143 e. The van der Waals surface area contributed by atoms with E-state index in [-0.39, 0.29) is 6.10 Å². The van der Waals surface area contributed by atoms with Crippen molar-refractivity contribution in [1.29, 1.82) is 0 Å². The Morgan fingerprint density at radius 1 is 1.58 bits per heavy atom. The Morgan fingerprint density at radius 3 is 3.17 bits per heavy atom. The summed E-state index contributed by atoms with van der Waals surface area (Å²) in [6, 6.07) is 0. The molecule has 0 amide bonds. The van der Waals surface area contributed by atoms with E-state index in [4.69, 9.17) is 4.74 Å². The highest BCUT2D eigenvalue weighted by atomic mass is 16.5. The molecule has 1 aromatic heterocycles. The normalized spacial score (nSPS) is 20.7. The van der Waals surface area contributed by atoms with Gasteiger partial charge in [0.15, 0.2) is 0 Å². The Kier molecular flexibility index (Phi) is 1.73. The Morgan fingerprint density at radius 2 is 2.42 bits per heavy atom. The average Bonchev–Trinajstić information content (AvgIpc) is 2.48. The van der Waals surface area contributed by atoms with Gasteiger partial charge in [0.1, 0.15) is 5.75 Å². The lowest BCUT2D eigenvalue weighted by atomic mass is 10.1. The molecule has 0 bridgehead atoms. The van der Waals surface area contributed by atoms with Crippen molar-refractivity contribution in [3.63, 3.8) is 0 Å². The maximum atomic E-state index is 9.59. The summed E-state index contributed by atoms with van der Waals surface area (Å²) in [5, 5.41) is 9.59. The number of aryl methyl sites for hydroxylation is 1. The molecule has 1 aromatic rings. The number of aromatic nitrogens is 1. The van der Waals surface area contributed by atoms with Crippen LogP contribution in [0.5, 0.6) is 5.75 Å². The lowest BCUT2D eigenvalue weighted by Gasteiger charge is -2.08. The van der Waals surface area contributed by atoms with Gasteiger partial charge in [0.2, 0.25) is 0 Å². The van der Waals surface area contributed by atoms with Crippen molar-refractivity contribution in [2.45, 2.75) is 18.9 Å². The molecule has 3 nitrogen and oxygen atoms in total. The van der Waals surface area contributed by atoms with E-state index < -0.39 is 0 Å². The number of rotatable bonds is 1. The smallest absolute Gasteiger partial charge is 0.143 e. The van der Waals surface area contributed by atoms with E-state index in [1.807, 2.05) is 0 Å². The van der Waals surface area contributed by atoms with Gasteiger partial charge in [-0.3, -0.25) is 4.98 Å². The number of fused-ring (bicyclic) bond motifs is 1. The summed E-state index contributed by atoms with van der Waals surface area (Å²) in [4.78, 5) is 4.03. The van der Waals surface area contributed by atoms with Crippen LogP contribution in [0.2, 0.25) is 0 Å². The molecular formula is C9H11NO2. The molecule has 1 N–H and O–H groups in total. The number of aliphatic hydroxyl groups is 1. The molecule has 1 unspecified atom stereocenters. The van der Waals surface area contributed by atoms with E-state index in [1.165, 1.54) is 0 Å². The van der Waals surface area contributed by atoms with Crippen LogP contribution in [-0.4, -0.2) is 17.2 Å². The first-order valence-electron chi connectivity index (χ1n) is 4.01. The predicted molar refractivity (Wildman–Crippen MR) is 44.1 cm³/mol. The van der Waals surface area contributed by atoms with Crippen LogP contribution < -0.4 is 4.74 Å². The van der Waals surface area contributed by atoms with E-state index in [2.05, 4.69) is 4.98 Å². The lowest BCUT2D eigenvalue weighted by Crippen LogP contribution is -1.96. The molecule has 0 radical (unpaired) electrons. The molecular weight excluding hydrogens is 154 g/mol. The standard InChI is InChI=1S/C9H11NO2/c1-12-8-5-10-4-6-2-3-7(11)9(6)8/h4-5,7,11H,2-3H2,1H3. The molecule has 0 spiro atoms. The monoisotopic (exact) mass is 165 g/mol. The molecule has 0 saturated heterocycles. The van der Waals surface area contributed by atoms with Crippen molar-refractivity contribution in [2.24, 2.45) is 0 Å². The summed E-state index contributed by atoms with van der Waals surface area (Å²) in [6.45, 7) is 0. The topological polar surface area (TPSA) is 42.4 Å². The summed E-state index contributed by atoms with van der Waals surface area (Å²) in [6.07, 6.45) is 4.78. The van der Waals surface area contributed by atoms with Crippen LogP contribution >= 0.6 is 0 Å². The Hall–Kier alpha value is -1.09. The first-order valence-corrected chi connectivity index (χ1v) is 4.01. The summed E-state index contributed by atoms with van der Waals surface area (Å²) < 4.78 is 5.10. The van der Waals surface area contributed by atoms with Gasteiger partial charge < -0.3 is 9.84 Å². The van der Waals surface area contributed by atoms with Crippen LogP contribution in [0.25, 0.3) is 0 Å². The average molecular weight is 165 g/mol. The van der Waals surface area contributed by atoms with Gasteiger partial charge in [-0.05, 0) is 18.4 Å². The molecule has 1 aliphatic carbocycles. The number of pyridine rings is 1. The zero-order chi connectivity index (χ0) is 8.55. The van der Waals surface area contributed by atoms with Crippen molar-refractivity contribution >= 4 is 0 Å². The van der Waals surface area contributed by atoms with E-state index in [9.17, 15) is 5.11 Å². The molecule has 0 aromatic carbocycles. The molecule has 0 saturated carbocycles. The van der Waals surface area contributed by atoms with Gasteiger partial charge in [-0.2, -0.15) is 0 Å². The van der Waals surface area contributed by atoms with Crippen LogP contribution in [0.3, 0.4) is 0 Å². The molecule has 12 heavy (non-hydrogen) atoms. The van der Waals surface area contributed by atoms with Gasteiger partial charge in [0.05, 0.1) is 19.4 Å². The third-order valence-electron chi connectivity index (χ3n) is 2.27. The second-order valence-electron chi connectivity index (χ2n) is 2.97. The van der Waals surface area contributed by atoms with Gasteiger partial charge in [-0.1, -0.05) is 0 Å². The van der Waals surface area contributed by atoms with Crippen molar-refractivity contribution in [2.75, 3.05) is 7.11 Å². The maximum absolute atomic E-state index is 9.59. The summed E-state index contributed by atoms with van der Waals surface area (Å²) in [5.74, 6) is 0.706. The van der Waals surface area contributed by atoms with Gasteiger partial charge in [0, 0.05) is 11.8 Å². The van der Waals surface area contributed by atoms with Crippen molar-refractivity contribution < 1.29 is 9.84 Å². The Balaban J connectivity index is 2.53. The van der Waals surface area contributed by atoms with Crippen LogP contribution in [0.4, 0.5) is 0 Å². The Bertz CT molecular complexity index is 299. The van der Waals surface area contributed by atoms with Crippen molar-refractivity contribution in [3.05, 3.63) is 23.5 Å². The van der Waals surface area contributed by atoms with E-state index >= 15 is 0 Å². The zero-order valence-electron chi connectivity index (χ0n) is 6.95. The van der Waals surface area contributed by atoms with Gasteiger partial charge in [0.25, 0.3) is 0 Å². The Labute approximate surface area is 71.0 Å². The quantitative estimate of drug-likeness (QED) is 0.676. The molecule has 3 heteroatoms. The fourth-order valence-corrected chi connectivity index (χ4v) is 1.67. The van der Waals surface area contributed by atoms with Crippen molar-refractivity contribution in [3.8, 4) is 5.75 Å². The molecule has 64 valence electrons. The summed E-state index contributed by atoms with van der Waals surface area (Å²) in [5.41, 5.74) is 2.04. The van der Waals surface area contributed by atoms with Gasteiger partial charge in [-0.25, -0.2) is 0 Å². The zero-order valence-corrected chi connectivity index (χ0v) is 6.95. The molecule has 0 aliphatic heterocycles. The molecule has 1 atom stereocenters. The molecule has 1 heterocycles. The van der Waals surface area contributed by atoms with E-state index in [0.717, 1.165) is 24.0 Å². The first-order chi connectivity index (χ1) is 5.83.